The molecule has 1 aromatic heterocycles. The first-order valence-electron chi connectivity index (χ1n) is 8.50. The predicted molar refractivity (Wildman–Crippen MR) is 101 cm³/mol. The molecule has 3 heterocycles. The van der Waals surface area contributed by atoms with Crippen molar-refractivity contribution in [3.63, 3.8) is 0 Å². The molecule has 0 aliphatic carbocycles. The van der Waals surface area contributed by atoms with Gasteiger partial charge in [0, 0.05) is 11.7 Å². The highest BCUT2D eigenvalue weighted by atomic mass is 35.5. The number of rotatable bonds is 4. The Balaban J connectivity index is 1.68. The number of halogens is 1. The largest absolute Gasteiger partial charge is 0.495 e. The summed E-state index contributed by atoms with van der Waals surface area (Å²) < 4.78 is 35.3. The number of methoxy groups -OCH3 is 1. The highest BCUT2D eigenvalue weighted by Crippen LogP contribution is 2.35. The SMILES string of the molecule is COc1ccc(N2C(=O)CN(Cc3ccco3)[C@H]3CS(=O)(=O)C[C@@H]32)cc1Cl. The maximum absolute atomic E-state index is 12.9. The van der Waals surface area contributed by atoms with Gasteiger partial charge in [0.2, 0.25) is 5.91 Å². The molecule has 2 aliphatic heterocycles. The lowest BCUT2D eigenvalue weighted by atomic mass is 10.0. The first-order valence-corrected chi connectivity index (χ1v) is 10.7. The molecule has 4 rings (SSSR count). The zero-order chi connectivity index (χ0) is 19.2. The van der Waals surface area contributed by atoms with E-state index in [1.807, 2.05) is 11.0 Å². The molecule has 2 atom stereocenters. The van der Waals surface area contributed by atoms with Crippen LogP contribution in [-0.4, -0.2) is 56.5 Å². The molecule has 27 heavy (non-hydrogen) atoms. The Morgan fingerprint density at radius 1 is 1.26 bits per heavy atom. The standard InChI is InChI=1S/C18H19ClN2O5S/c1-25-17-5-4-12(7-14(17)19)21-16-11-27(23,24)10-15(16)20(9-18(21)22)8-13-3-2-6-26-13/h2-7,15-16H,8-11H2,1H3/t15-,16-/m0/s1. The van der Waals surface area contributed by atoms with Gasteiger partial charge in [-0.05, 0) is 30.3 Å². The molecule has 0 bridgehead atoms. The molecule has 1 aromatic carbocycles. The number of hydrogen-bond acceptors (Lipinski definition) is 6. The number of benzene rings is 1. The van der Waals surface area contributed by atoms with Crippen LogP contribution < -0.4 is 9.64 Å². The third-order valence-electron chi connectivity index (χ3n) is 5.05. The van der Waals surface area contributed by atoms with Crippen LogP contribution in [0.1, 0.15) is 5.76 Å². The monoisotopic (exact) mass is 410 g/mol. The zero-order valence-electron chi connectivity index (χ0n) is 14.7. The highest BCUT2D eigenvalue weighted by Gasteiger charge is 2.49. The van der Waals surface area contributed by atoms with Gasteiger partial charge in [-0.25, -0.2) is 8.42 Å². The van der Waals surface area contributed by atoms with E-state index in [4.69, 9.17) is 20.8 Å². The van der Waals surface area contributed by atoms with E-state index in [0.717, 1.165) is 0 Å². The summed E-state index contributed by atoms with van der Waals surface area (Å²) in [5.74, 6) is 0.987. The lowest BCUT2D eigenvalue weighted by Crippen LogP contribution is -2.61. The third kappa shape index (κ3) is 3.44. The molecule has 7 nitrogen and oxygen atoms in total. The summed E-state index contributed by atoms with van der Waals surface area (Å²) in [5.41, 5.74) is 0.579. The number of carbonyl (C=O) groups excluding carboxylic acids is 1. The first kappa shape index (κ1) is 18.3. The van der Waals surface area contributed by atoms with Gasteiger partial charge in [0.15, 0.2) is 9.84 Å². The summed E-state index contributed by atoms with van der Waals surface area (Å²) in [7, 11) is -1.74. The molecule has 0 N–H and O–H groups in total. The van der Waals surface area contributed by atoms with Crippen LogP contribution in [0.4, 0.5) is 5.69 Å². The second-order valence-electron chi connectivity index (χ2n) is 6.78. The number of piperazine rings is 1. The smallest absolute Gasteiger partial charge is 0.241 e. The van der Waals surface area contributed by atoms with E-state index in [2.05, 4.69) is 0 Å². The Labute approximate surface area is 162 Å². The molecule has 0 radical (unpaired) electrons. The van der Waals surface area contributed by atoms with E-state index < -0.39 is 15.9 Å². The maximum atomic E-state index is 12.9. The number of hydrogen-bond donors (Lipinski definition) is 0. The van der Waals surface area contributed by atoms with Crippen molar-refractivity contribution in [3.05, 3.63) is 47.4 Å². The van der Waals surface area contributed by atoms with Crippen molar-refractivity contribution < 1.29 is 22.4 Å². The number of furan rings is 1. The minimum absolute atomic E-state index is 0.0199. The van der Waals surface area contributed by atoms with Crippen LogP contribution in [-0.2, 0) is 21.2 Å². The van der Waals surface area contributed by atoms with Gasteiger partial charge in [-0.15, -0.1) is 0 Å². The Kier molecular flexibility index (Phi) is 4.65. The molecule has 0 spiro atoms. The molecule has 0 saturated carbocycles. The van der Waals surface area contributed by atoms with Crippen LogP contribution in [0.15, 0.2) is 41.0 Å². The third-order valence-corrected chi connectivity index (χ3v) is 7.05. The van der Waals surface area contributed by atoms with Gasteiger partial charge in [-0.3, -0.25) is 9.69 Å². The van der Waals surface area contributed by atoms with Gasteiger partial charge < -0.3 is 14.1 Å². The molecule has 2 aromatic rings. The van der Waals surface area contributed by atoms with Gasteiger partial charge in [0.25, 0.3) is 0 Å². The van der Waals surface area contributed by atoms with Crippen LogP contribution in [0.2, 0.25) is 5.02 Å². The van der Waals surface area contributed by atoms with Crippen LogP contribution in [0.25, 0.3) is 0 Å². The Morgan fingerprint density at radius 2 is 2.04 bits per heavy atom. The molecule has 9 heteroatoms. The summed E-state index contributed by atoms with van der Waals surface area (Å²) in [4.78, 5) is 16.4. The highest BCUT2D eigenvalue weighted by molar-refractivity contribution is 7.91. The van der Waals surface area contributed by atoms with Crippen molar-refractivity contribution in [3.8, 4) is 5.75 Å². The number of fused-ring (bicyclic) bond motifs is 1. The van der Waals surface area contributed by atoms with Gasteiger partial charge in [0.05, 0.1) is 49.0 Å². The summed E-state index contributed by atoms with van der Waals surface area (Å²) in [6.45, 7) is 0.508. The number of nitrogens with zero attached hydrogens (tertiary/aromatic N) is 2. The lowest BCUT2D eigenvalue weighted by molar-refractivity contribution is -0.123. The van der Waals surface area contributed by atoms with Crippen LogP contribution >= 0.6 is 11.6 Å². The van der Waals surface area contributed by atoms with E-state index in [0.29, 0.717) is 28.8 Å². The number of carbonyl (C=O) groups is 1. The molecular weight excluding hydrogens is 392 g/mol. The molecule has 1 amide bonds. The number of amides is 1. The Bertz CT molecular complexity index is 960. The second kappa shape index (κ2) is 6.85. The molecular formula is C18H19ClN2O5S. The average Bonchev–Trinajstić information content (AvgIpc) is 3.21. The van der Waals surface area contributed by atoms with E-state index in [9.17, 15) is 13.2 Å². The molecule has 2 fully saturated rings. The van der Waals surface area contributed by atoms with Crippen molar-refractivity contribution in [2.24, 2.45) is 0 Å². The second-order valence-corrected chi connectivity index (χ2v) is 9.34. The molecule has 2 saturated heterocycles. The minimum atomic E-state index is -3.25. The lowest BCUT2D eigenvalue weighted by Gasteiger charge is -2.43. The van der Waals surface area contributed by atoms with Crippen LogP contribution in [0.5, 0.6) is 5.75 Å². The number of ether oxygens (including phenoxy) is 1. The normalized spacial score (nSPS) is 24.8. The van der Waals surface area contributed by atoms with Crippen molar-refractivity contribution >= 4 is 33.0 Å². The van der Waals surface area contributed by atoms with Crippen LogP contribution in [0, 0.1) is 0 Å². The predicted octanol–water partition coefficient (Wildman–Crippen LogP) is 1.96. The van der Waals surface area contributed by atoms with Gasteiger partial charge >= 0.3 is 0 Å². The maximum Gasteiger partial charge on any atom is 0.241 e. The average molecular weight is 411 g/mol. The van der Waals surface area contributed by atoms with Gasteiger partial charge in [0.1, 0.15) is 11.5 Å². The van der Waals surface area contributed by atoms with Crippen molar-refractivity contribution in [1.82, 2.24) is 4.90 Å². The number of sulfone groups is 1. The molecule has 144 valence electrons. The van der Waals surface area contributed by atoms with E-state index in [-0.39, 0.29) is 30.0 Å². The van der Waals surface area contributed by atoms with Crippen molar-refractivity contribution in [1.29, 1.82) is 0 Å². The van der Waals surface area contributed by atoms with Crippen LogP contribution in [0.3, 0.4) is 0 Å². The Hall–Kier alpha value is -2.03. The quantitative estimate of drug-likeness (QED) is 0.766. The zero-order valence-corrected chi connectivity index (χ0v) is 16.2. The summed E-state index contributed by atoms with van der Waals surface area (Å²) >= 11 is 6.21. The topological polar surface area (TPSA) is 80.1 Å². The fraction of sp³-hybridized carbons (Fsp3) is 0.389. The summed E-state index contributed by atoms with van der Waals surface area (Å²) in [6, 6.07) is 7.89. The van der Waals surface area contributed by atoms with Gasteiger partial charge in [-0.2, -0.15) is 0 Å². The molecule has 0 unspecified atom stereocenters. The minimum Gasteiger partial charge on any atom is -0.495 e. The van der Waals surface area contributed by atoms with Crippen molar-refractivity contribution in [2.75, 3.05) is 30.1 Å². The van der Waals surface area contributed by atoms with E-state index in [1.165, 1.54) is 7.11 Å². The van der Waals surface area contributed by atoms with E-state index in [1.54, 1.807) is 35.4 Å². The Morgan fingerprint density at radius 3 is 2.70 bits per heavy atom. The van der Waals surface area contributed by atoms with Crippen molar-refractivity contribution in [2.45, 2.75) is 18.6 Å². The number of anilines is 1. The first-order chi connectivity index (χ1) is 12.9. The summed E-state index contributed by atoms with van der Waals surface area (Å²) in [5, 5.41) is 0.373. The fourth-order valence-electron chi connectivity index (χ4n) is 3.87. The van der Waals surface area contributed by atoms with Gasteiger partial charge in [-0.1, -0.05) is 11.6 Å². The fourth-order valence-corrected chi connectivity index (χ4v) is 6.11. The molecule has 2 aliphatic rings. The summed E-state index contributed by atoms with van der Waals surface area (Å²) in [6.07, 6.45) is 1.57. The van der Waals surface area contributed by atoms with E-state index >= 15 is 0 Å².